The molecule has 1 atom stereocenters. The second-order valence-corrected chi connectivity index (χ2v) is 5.74. The van der Waals surface area contributed by atoms with Crippen LogP contribution in [0.5, 0.6) is 0 Å². The zero-order valence-corrected chi connectivity index (χ0v) is 11.9. The fraction of sp³-hybridized carbons (Fsp3) is 0.600. The van der Waals surface area contributed by atoms with E-state index in [2.05, 4.69) is 10.3 Å². The van der Waals surface area contributed by atoms with Crippen LogP contribution in [0.25, 0.3) is 0 Å². The number of nitrogens with zero attached hydrogens (tertiary/aromatic N) is 2. The number of rotatable bonds is 3. The summed E-state index contributed by atoms with van der Waals surface area (Å²) < 4.78 is 5.51. The molecule has 1 unspecified atom stereocenters. The zero-order valence-electron chi connectivity index (χ0n) is 11.9. The van der Waals surface area contributed by atoms with Crippen molar-refractivity contribution in [2.75, 3.05) is 38.2 Å². The van der Waals surface area contributed by atoms with E-state index < -0.39 is 0 Å². The smallest absolute Gasteiger partial charge is 0.254 e. The van der Waals surface area contributed by atoms with Gasteiger partial charge in [-0.3, -0.25) is 4.79 Å². The Bertz CT molecular complexity index is 498. The van der Waals surface area contributed by atoms with Crippen molar-refractivity contribution in [1.82, 2.24) is 9.88 Å². The number of hydrogen-bond acceptors (Lipinski definition) is 4. The van der Waals surface area contributed by atoms with E-state index in [-0.39, 0.29) is 11.3 Å². The molecule has 108 valence electrons. The fourth-order valence-electron chi connectivity index (χ4n) is 3.10. The summed E-state index contributed by atoms with van der Waals surface area (Å²) in [5.74, 6) is 0.867. The van der Waals surface area contributed by atoms with Gasteiger partial charge in [0.15, 0.2) is 0 Å². The molecular weight excluding hydrogens is 254 g/mol. The zero-order chi connectivity index (χ0) is 14.0. The predicted octanol–water partition coefficient (Wildman–Crippen LogP) is 1.77. The molecule has 1 aromatic rings. The summed E-state index contributed by atoms with van der Waals surface area (Å²) in [4.78, 5) is 18.7. The predicted molar refractivity (Wildman–Crippen MR) is 76.8 cm³/mol. The highest BCUT2D eigenvalue weighted by Gasteiger charge is 2.42. The Kier molecular flexibility index (Phi) is 3.61. The van der Waals surface area contributed by atoms with E-state index in [1.54, 1.807) is 12.3 Å². The molecule has 1 aromatic heterocycles. The number of aromatic nitrogens is 1. The minimum atomic E-state index is 0.107. The Morgan fingerprint density at radius 1 is 1.55 bits per heavy atom. The van der Waals surface area contributed by atoms with E-state index in [0.717, 1.165) is 51.5 Å². The number of carbonyl (C=O) groups excluding carboxylic acids is 1. The van der Waals surface area contributed by atoms with Crippen LogP contribution in [0.15, 0.2) is 18.3 Å². The number of amides is 1. The molecule has 0 aliphatic carbocycles. The molecule has 2 saturated heterocycles. The second-order valence-electron chi connectivity index (χ2n) is 5.74. The minimum Gasteiger partial charge on any atom is -0.381 e. The quantitative estimate of drug-likeness (QED) is 0.913. The van der Waals surface area contributed by atoms with Gasteiger partial charge in [-0.15, -0.1) is 0 Å². The van der Waals surface area contributed by atoms with E-state index in [1.807, 2.05) is 17.9 Å². The minimum absolute atomic E-state index is 0.107. The summed E-state index contributed by atoms with van der Waals surface area (Å²) in [6, 6.07) is 3.63. The lowest BCUT2D eigenvalue weighted by Gasteiger charge is -2.22. The molecule has 0 saturated carbocycles. The van der Waals surface area contributed by atoms with Crippen LogP contribution in [0.2, 0.25) is 0 Å². The molecule has 2 fully saturated rings. The third-order valence-corrected chi connectivity index (χ3v) is 4.28. The van der Waals surface area contributed by atoms with Gasteiger partial charge in [0.25, 0.3) is 5.91 Å². The van der Waals surface area contributed by atoms with Gasteiger partial charge >= 0.3 is 0 Å². The van der Waals surface area contributed by atoms with Crippen LogP contribution < -0.4 is 5.32 Å². The van der Waals surface area contributed by atoms with Crippen molar-refractivity contribution < 1.29 is 9.53 Å². The highest BCUT2D eigenvalue weighted by atomic mass is 16.5. The standard InChI is InChI=1S/C15H21N3O2/c1-2-16-13-9-12(3-6-17-13)14(19)18-7-4-15(10-18)5-8-20-11-15/h3,6,9H,2,4-5,7-8,10-11H2,1H3,(H,16,17). The Morgan fingerprint density at radius 2 is 2.45 bits per heavy atom. The van der Waals surface area contributed by atoms with Gasteiger partial charge < -0.3 is 15.0 Å². The van der Waals surface area contributed by atoms with Crippen LogP contribution in [0.4, 0.5) is 5.82 Å². The van der Waals surface area contributed by atoms with E-state index in [4.69, 9.17) is 4.74 Å². The average Bonchev–Trinajstić information content (AvgIpc) is 3.10. The molecule has 0 aromatic carbocycles. The first-order chi connectivity index (χ1) is 9.72. The van der Waals surface area contributed by atoms with Crippen LogP contribution in [-0.4, -0.2) is 48.6 Å². The van der Waals surface area contributed by atoms with Crippen molar-refractivity contribution in [3.05, 3.63) is 23.9 Å². The largest absolute Gasteiger partial charge is 0.381 e. The molecule has 0 bridgehead atoms. The van der Waals surface area contributed by atoms with Crippen molar-refractivity contribution in [3.8, 4) is 0 Å². The summed E-state index contributed by atoms with van der Waals surface area (Å²) in [5.41, 5.74) is 0.930. The van der Waals surface area contributed by atoms with Crippen molar-refractivity contribution in [3.63, 3.8) is 0 Å². The summed E-state index contributed by atoms with van der Waals surface area (Å²) in [7, 11) is 0. The molecule has 1 spiro atoms. The number of likely N-dealkylation sites (tertiary alicyclic amines) is 1. The van der Waals surface area contributed by atoms with Gasteiger partial charge in [-0.1, -0.05) is 0 Å². The summed E-state index contributed by atoms with van der Waals surface area (Å²) >= 11 is 0. The number of anilines is 1. The van der Waals surface area contributed by atoms with Crippen LogP contribution in [-0.2, 0) is 4.74 Å². The number of nitrogens with one attached hydrogen (secondary N) is 1. The van der Waals surface area contributed by atoms with Gasteiger partial charge in [0.05, 0.1) is 6.61 Å². The lowest BCUT2D eigenvalue weighted by Crippen LogP contribution is -2.32. The van der Waals surface area contributed by atoms with Crippen molar-refractivity contribution in [2.45, 2.75) is 19.8 Å². The van der Waals surface area contributed by atoms with Crippen LogP contribution in [0.3, 0.4) is 0 Å². The van der Waals surface area contributed by atoms with E-state index >= 15 is 0 Å². The van der Waals surface area contributed by atoms with Crippen LogP contribution >= 0.6 is 0 Å². The summed E-state index contributed by atoms with van der Waals surface area (Å²) in [6.07, 6.45) is 3.83. The van der Waals surface area contributed by atoms with E-state index in [1.165, 1.54) is 0 Å². The molecule has 3 rings (SSSR count). The molecule has 2 aliphatic rings. The first kappa shape index (κ1) is 13.4. The third kappa shape index (κ3) is 2.50. The number of ether oxygens (including phenoxy) is 1. The van der Waals surface area contributed by atoms with Gasteiger partial charge in [-0.25, -0.2) is 4.98 Å². The molecular formula is C15H21N3O2. The lowest BCUT2D eigenvalue weighted by atomic mass is 9.87. The monoisotopic (exact) mass is 275 g/mol. The van der Waals surface area contributed by atoms with Crippen LogP contribution in [0, 0.1) is 5.41 Å². The Balaban J connectivity index is 1.71. The maximum absolute atomic E-state index is 12.6. The van der Waals surface area contributed by atoms with Gasteiger partial charge in [0, 0.05) is 43.4 Å². The van der Waals surface area contributed by atoms with Gasteiger partial charge in [0.1, 0.15) is 5.82 Å². The molecule has 1 amide bonds. The van der Waals surface area contributed by atoms with E-state index in [9.17, 15) is 4.79 Å². The molecule has 0 radical (unpaired) electrons. The topological polar surface area (TPSA) is 54.5 Å². The molecule has 1 N–H and O–H groups in total. The molecule has 20 heavy (non-hydrogen) atoms. The number of pyridine rings is 1. The molecule has 5 nitrogen and oxygen atoms in total. The Labute approximate surface area is 119 Å². The van der Waals surface area contributed by atoms with Gasteiger partial charge in [0.2, 0.25) is 0 Å². The third-order valence-electron chi connectivity index (χ3n) is 4.28. The second kappa shape index (κ2) is 5.40. The first-order valence-electron chi connectivity index (χ1n) is 7.29. The lowest BCUT2D eigenvalue weighted by molar-refractivity contribution is 0.0765. The van der Waals surface area contributed by atoms with Crippen molar-refractivity contribution in [1.29, 1.82) is 0 Å². The molecule has 3 heterocycles. The van der Waals surface area contributed by atoms with Crippen LogP contribution in [0.1, 0.15) is 30.1 Å². The highest BCUT2D eigenvalue weighted by Crippen LogP contribution is 2.38. The Morgan fingerprint density at radius 3 is 3.20 bits per heavy atom. The van der Waals surface area contributed by atoms with Crippen molar-refractivity contribution >= 4 is 11.7 Å². The normalized spacial score (nSPS) is 25.4. The Hall–Kier alpha value is -1.62. The van der Waals surface area contributed by atoms with E-state index in [0.29, 0.717) is 5.56 Å². The maximum atomic E-state index is 12.6. The maximum Gasteiger partial charge on any atom is 0.254 e. The fourth-order valence-corrected chi connectivity index (χ4v) is 3.10. The van der Waals surface area contributed by atoms with Gasteiger partial charge in [-0.2, -0.15) is 0 Å². The summed E-state index contributed by atoms with van der Waals surface area (Å²) in [6.45, 7) is 6.11. The first-order valence-corrected chi connectivity index (χ1v) is 7.29. The molecule has 2 aliphatic heterocycles. The summed E-state index contributed by atoms with van der Waals surface area (Å²) in [5, 5.41) is 3.14. The highest BCUT2D eigenvalue weighted by molar-refractivity contribution is 5.95. The van der Waals surface area contributed by atoms with Crippen molar-refractivity contribution in [2.24, 2.45) is 5.41 Å². The number of carbonyl (C=O) groups is 1. The number of hydrogen-bond donors (Lipinski definition) is 1. The SMILES string of the molecule is CCNc1cc(C(=O)N2CCC3(CCOC3)C2)ccn1. The molecule has 5 heteroatoms. The van der Waals surface area contributed by atoms with Gasteiger partial charge in [-0.05, 0) is 31.9 Å². The average molecular weight is 275 g/mol.